The number of amides is 2. The molecule has 2 amide bonds. The Hall–Kier alpha value is -2.34. The van der Waals surface area contributed by atoms with Crippen molar-refractivity contribution in [3.05, 3.63) is 57.3 Å². The van der Waals surface area contributed by atoms with Gasteiger partial charge in [0.15, 0.2) is 0 Å². The molecule has 0 fully saturated rings. The lowest BCUT2D eigenvalue weighted by Gasteiger charge is -2.35. The topological polar surface area (TPSA) is 58.6 Å². The number of hydrogen-bond donors (Lipinski definition) is 1. The molecule has 2 aromatic rings. The van der Waals surface area contributed by atoms with Crippen LogP contribution in [0.2, 0.25) is 0 Å². The van der Waals surface area contributed by atoms with Gasteiger partial charge in [0, 0.05) is 23.5 Å². The van der Waals surface area contributed by atoms with Gasteiger partial charge in [0.05, 0.1) is 6.04 Å². The molecular formula is C22H28N2O3S. The van der Waals surface area contributed by atoms with Crippen molar-refractivity contribution in [2.24, 2.45) is 0 Å². The molecule has 1 aromatic carbocycles. The maximum absolute atomic E-state index is 13.1. The first kappa shape index (κ1) is 20.4. The van der Waals surface area contributed by atoms with Gasteiger partial charge in [-0.25, -0.2) is 4.79 Å². The van der Waals surface area contributed by atoms with E-state index in [1.165, 1.54) is 10.4 Å². The first-order chi connectivity index (χ1) is 13.3. The van der Waals surface area contributed by atoms with Crippen molar-refractivity contribution in [1.82, 2.24) is 10.2 Å². The minimum absolute atomic E-state index is 0.0651. The van der Waals surface area contributed by atoms with Crippen LogP contribution in [0.15, 0.2) is 35.7 Å². The van der Waals surface area contributed by atoms with Gasteiger partial charge in [-0.15, -0.1) is 11.3 Å². The molecule has 5 nitrogen and oxygen atoms in total. The van der Waals surface area contributed by atoms with Crippen LogP contribution < -0.4 is 5.32 Å². The predicted octanol–water partition coefficient (Wildman–Crippen LogP) is 4.92. The third kappa shape index (κ3) is 4.73. The van der Waals surface area contributed by atoms with E-state index in [2.05, 4.69) is 23.7 Å². The third-order valence-electron chi connectivity index (χ3n) is 4.78. The van der Waals surface area contributed by atoms with Crippen LogP contribution in [0.3, 0.4) is 0 Å². The largest absolute Gasteiger partial charge is 0.444 e. The molecule has 0 bridgehead atoms. The summed E-state index contributed by atoms with van der Waals surface area (Å²) in [4.78, 5) is 28.2. The standard InChI is InChI=1S/C22H28N2O3S/c1-5-18-17-11-13-28-19(17)10-12-24(18)20(25)16-8-6-15(7-9-16)14-23-21(26)27-22(2,3)4/h6-9,11,13,18H,5,10,12,14H2,1-4H3,(H,23,26). The number of nitrogens with one attached hydrogen (secondary N) is 1. The van der Waals surface area contributed by atoms with E-state index in [1.807, 2.05) is 49.9 Å². The van der Waals surface area contributed by atoms with Gasteiger partial charge in [0.2, 0.25) is 0 Å². The van der Waals surface area contributed by atoms with Crippen LogP contribution in [0, 0.1) is 0 Å². The molecule has 1 unspecified atom stereocenters. The molecule has 1 N–H and O–H groups in total. The van der Waals surface area contributed by atoms with Crippen LogP contribution in [-0.4, -0.2) is 29.0 Å². The fourth-order valence-electron chi connectivity index (χ4n) is 3.50. The molecule has 0 saturated heterocycles. The summed E-state index contributed by atoms with van der Waals surface area (Å²) >= 11 is 1.78. The summed E-state index contributed by atoms with van der Waals surface area (Å²) in [5.74, 6) is 0.0651. The fourth-order valence-corrected chi connectivity index (χ4v) is 4.43. The summed E-state index contributed by atoms with van der Waals surface area (Å²) < 4.78 is 5.24. The fraction of sp³-hybridized carbons (Fsp3) is 0.455. The van der Waals surface area contributed by atoms with Gasteiger partial charge in [-0.1, -0.05) is 19.1 Å². The Balaban J connectivity index is 1.63. The number of rotatable bonds is 4. The van der Waals surface area contributed by atoms with E-state index >= 15 is 0 Å². The highest BCUT2D eigenvalue weighted by molar-refractivity contribution is 7.10. The van der Waals surface area contributed by atoms with Crippen molar-refractivity contribution in [3.8, 4) is 0 Å². The molecule has 150 valence electrons. The second-order valence-electron chi connectivity index (χ2n) is 8.02. The number of thiophene rings is 1. The molecule has 0 aliphatic carbocycles. The summed E-state index contributed by atoms with van der Waals surface area (Å²) in [7, 11) is 0. The summed E-state index contributed by atoms with van der Waals surface area (Å²) in [6, 6.07) is 9.74. The van der Waals surface area contributed by atoms with E-state index in [4.69, 9.17) is 4.74 Å². The van der Waals surface area contributed by atoms with Crippen LogP contribution in [-0.2, 0) is 17.7 Å². The lowest BCUT2D eigenvalue weighted by molar-refractivity contribution is 0.0522. The zero-order chi connectivity index (χ0) is 20.3. The summed E-state index contributed by atoms with van der Waals surface area (Å²) in [5, 5.41) is 4.86. The van der Waals surface area contributed by atoms with E-state index in [9.17, 15) is 9.59 Å². The highest BCUT2D eigenvalue weighted by atomic mass is 32.1. The second-order valence-corrected chi connectivity index (χ2v) is 9.02. The number of fused-ring (bicyclic) bond motifs is 1. The van der Waals surface area contributed by atoms with Crippen LogP contribution in [0.25, 0.3) is 0 Å². The van der Waals surface area contributed by atoms with Gasteiger partial charge >= 0.3 is 6.09 Å². The van der Waals surface area contributed by atoms with Gasteiger partial charge < -0.3 is 15.0 Å². The minimum atomic E-state index is -0.521. The first-order valence-electron chi connectivity index (χ1n) is 9.71. The molecule has 6 heteroatoms. The quantitative estimate of drug-likeness (QED) is 0.792. The lowest BCUT2D eigenvalue weighted by Crippen LogP contribution is -2.39. The molecule has 0 spiro atoms. The Bertz CT molecular complexity index is 836. The zero-order valence-corrected chi connectivity index (χ0v) is 17.8. The van der Waals surface area contributed by atoms with Gasteiger partial charge in [-0.05, 0) is 68.3 Å². The third-order valence-corrected chi connectivity index (χ3v) is 5.78. The van der Waals surface area contributed by atoms with E-state index in [0.29, 0.717) is 12.1 Å². The van der Waals surface area contributed by atoms with Crippen molar-refractivity contribution < 1.29 is 14.3 Å². The SMILES string of the molecule is CCC1c2ccsc2CCN1C(=O)c1ccc(CNC(=O)OC(C)(C)C)cc1. The molecule has 28 heavy (non-hydrogen) atoms. The minimum Gasteiger partial charge on any atom is -0.444 e. The van der Waals surface area contributed by atoms with Crippen molar-refractivity contribution in [2.75, 3.05) is 6.54 Å². The molecule has 3 rings (SSSR count). The number of nitrogens with zero attached hydrogens (tertiary/aromatic N) is 1. The lowest BCUT2D eigenvalue weighted by atomic mass is 9.96. The average molecular weight is 401 g/mol. The Kier molecular flexibility index (Phi) is 6.08. The zero-order valence-electron chi connectivity index (χ0n) is 17.0. The molecule has 1 atom stereocenters. The number of hydrogen-bond acceptors (Lipinski definition) is 4. The first-order valence-corrected chi connectivity index (χ1v) is 10.6. The smallest absolute Gasteiger partial charge is 0.407 e. The van der Waals surface area contributed by atoms with Crippen LogP contribution in [0.5, 0.6) is 0 Å². The van der Waals surface area contributed by atoms with Crippen molar-refractivity contribution in [2.45, 2.75) is 58.7 Å². The molecular weight excluding hydrogens is 372 g/mol. The summed E-state index contributed by atoms with van der Waals surface area (Å²) in [6.07, 6.45) is 1.39. The Morgan fingerprint density at radius 2 is 1.93 bits per heavy atom. The van der Waals surface area contributed by atoms with Gasteiger partial charge in [-0.2, -0.15) is 0 Å². The van der Waals surface area contributed by atoms with Crippen LogP contribution >= 0.6 is 11.3 Å². The summed E-state index contributed by atoms with van der Waals surface area (Å²) in [5.41, 5.74) is 2.38. The van der Waals surface area contributed by atoms with E-state index in [1.54, 1.807) is 11.3 Å². The van der Waals surface area contributed by atoms with Gasteiger partial charge in [0.25, 0.3) is 5.91 Å². The van der Waals surface area contributed by atoms with Gasteiger partial charge in [0.1, 0.15) is 5.60 Å². The Morgan fingerprint density at radius 1 is 1.21 bits per heavy atom. The number of benzene rings is 1. The Labute approximate surface area is 170 Å². The number of ether oxygens (including phenoxy) is 1. The van der Waals surface area contributed by atoms with E-state index in [-0.39, 0.29) is 11.9 Å². The normalized spacial score (nSPS) is 16.4. The highest BCUT2D eigenvalue weighted by Crippen LogP contribution is 2.35. The monoisotopic (exact) mass is 400 g/mol. The number of alkyl carbamates (subject to hydrolysis) is 1. The van der Waals surface area contributed by atoms with Crippen LogP contribution in [0.1, 0.15) is 66.5 Å². The molecule has 0 saturated carbocycles. The van der Waals surface area contributed by atoms with Crippen LogP contribution in [0.4, 0.5) is 4.79 Å². The van der Waals surface area contributed by atoms with Crippen molar-refractivity contribution in [1.29, 1.82) is 0 Å². The maximum atomic E-state index is 13.1. The number of carbonyl (C=O) groups is 2. The summed E-state index contributed by atoms with van der Waals surface area (Å²) in [6.45, 7) is 8.74. The molecule has 0 radical (unpaired) electrons. The maximum Gasteiger partial charge on any atom is 0.407 e. The second kappa shape index (κ2) is 8.35. The highest BCUT2D eigenvalue weighted by Gasteiger charge is 2.30. The van der Waals surface area contributed by atoms with E-state index in [0.717, 1.165) is 24.9 Å². The molecule has 1 aromatic heterocycles. The van der Waals surface area contributed by atoms with Crippen molar-refractivity contribution >= 4 is 23.3 Å². The number of carbonyl (C=O) groups excluding carboxylic acids is 2. The molecule has 1 aliphatic heterocycles. The van der Waals surface area contributed by atoms with E-state index < -0.39 is 11.7 Å². The Morgan fingerprint density at radius 3 is 2.57 bits per heavy atom. The average Bonchev–Trinajstić information content (AvgIpc) is 3.13. The molecule has 2 heterocycles. The van der Waals surface area contributed by atoms with Gasteiger partial charge in [-0.3, -0.25) is 4.79 Å². The molecule has 1 aliphatic rings. The van der Waals surface area contributed by atoms with Crippen molar-refractivity contribution in [3.63, 3.8) is 0 Å². The predicted molar refractivity (Wildman–Crippen MR) is 112 cm³/mol.